The summed E-state index contributed by atoms with van der Waals surface area (Å²) < 4.78 is 0. The van der Waals surface area contributed by atoms with Crippen LogP contribution in [0.4, 0.5) is 0 Å². The Labute approximate surface area is 81.9 Å². The van der Waals surface area contributed by atoms with Crippen LogP contribution < -0.4 is 0 Å². The van der Waals surface area contributed by atoms with E-state index in [0.29, 0.717) is 23.5 Å². The van der Waals surface area contributed by atoms with Crippen LogP contribution in [0, 0.1) is 0 Å². The molecule has 0 aromatic rings. The van der Waals surface area contributed by atoms with Crippen molar-refractivity contribution in [1.82, 2.24) is 0 Å². The van der Waals surface area contributed by atoms with Crippen molar-refractivity contribution in [1.29, 1.82) is 0 Å². The van der Waals surface area contributed by atoms with Crippen molar-refractivity contribution in [2.24, 2.45) is 0 Å². The summed E-state index contributed by atoms with van der Waals surface area (Å²) in [6.45, 7) is 0. The Morgan fingerprint density at radius 1 is 1.00 bits per heavy atom. The zero-order valence-corrected chi connectivity index (χ0v) is 7.92. The molecule has 0 rings (SSSR count). The molecule has 0 radical (unpaired) electrons. The van der Waals surface area contributed by atoms with Crippen molar-refractivity contribution < 1.29 is 30.0 Å². The van der Waals surface area contributed by atoms with E-state index in [1.165, 1.54) is 0 Å². The molecule has 0 saturated heterocycles. The molecule has 4 N–H and O–H groups in total. The van der Waals surface area contributed by atoms with Crippen molar-refractivity contribution in [2.75, 3.05) is 5.08 Å². The topological polar surface area (TPSA) is 115 Å². The lowest BCUT2D eigenvalue weighted by Gasteiger charge is -2.06. The van der Waals surface area contributed by atoms with Gasteiger partial charge >= 0.3 is 11.9 Å². The maximum absolute atomic E-state index is 10.0. The lowest BCUT2D eigenvalue weighted by Crippen LogP contribution is -2.18. The standard InChI is InChI=1S/C5H8O6S2/c6-2(7)4(10)12-1-13-5(11)3(8)9/h4-5,10-11H,1H2,(H,6,7)(H,8,9). The van der Waals surface area contributed by atoms with Crippen LogP contribution in [-0.2, 0) is 9.59 Å². The van der Waals surface area contributed by atoms with Crippen LogP contribution in [0.15, 0.2) is 0 Å². The van der Waals surface area contributed by atoms with Crippen LogP contribution in [0.1, 0.15) is 0 Å². The zero-order valence-electron chi connectivity index (χ0n) is 6.28. The molecule has 0 saturated carbocycles. The number of aliphatic hydroxyl groups excluding tert-OH is 2. The van der Waals surface area contributed by atoms with Gasteiger partial charge in [0.2, 0.25) is 0 Å². The van der Waals surface area contributed by atoms with Gasteiger partial charge in [0.25, 0.3) is 0 Å². The molecule has 0 aliphatic rings. The van der Waals surface area contributed by atoms with Gasteiger partial charge in [0.15, 0.2) is 10.9 Å². The molecule has 0 aliphatic carbocycles. The average Bonchev–Trinajstić information content (AvgIpc) is 2.03. The molecule has 0 aromatic carbocycles. The second kappa shape index (κ2) is 6.08. The molecular formula is C5H8O6S2. The van der Waals surface area contributed by atoms with E-state index in [9.17, 15) is 9.59 Å². The van der Waals surface area contributed by atoms with Gasteiger partial charge in [0, 0.05) is 5.08 Å². The smallest absolute Gasteiger partial charge is 0.343 e. The van der Waals surface area contributed by atoms with Crippen molar-refractivity contribution in [3.8, 4) is 0 Å². The van der Waals surface area contributed by atoms with E-state index in [4.69, 9.17) is 20.4 Å². The Balaban J connectivity index is 3.56. The van der Waals surface area contributed by atoms with Gasteiger partial charge in [-0.15, -0.1) is 23.5 Å². The summed E-state index contributed by atoms with van der Waals surface area (Å²) in [5.41, 5.74) is -3.18. The van der Waals surface area contributed by atoms with E-state index >= 15 is 0 Å². The summed E-state index contributed by atoms with van der Waals surface area (Å²) in [5, 5.41) is 33.8. The number of aliphatic carboxylic acids is 2. The van der Waals surface area contributed by atoms with Crippen LogP contribution in [0.25, 0.3) is 0 Å². The SMILES string of the molecule is O=C(O)C(O)SCSC(O)C(=O)O. The normalized spacial score (nSPS) is 14.9. The monoisotopic (exact) mass is 228 g/mol. The largest absolute Gasteiger partial charge is 0.479 e. The van der Waals surface area contributed by atoms with E-state index < -0.39 is 22.8 Å². The first kappa shape index (κ1) is 12.6. The average molecular weight is 228 g/mol. The third kappa shape index (κ3) is 5.75. The molecule has 0 spiro atoms. The molecule has 0 heterocycles. The first-order valence-corrected chi connectivity index (χ1v) is 5.10. The second-order valence-corrected chi connectivity index (χ2v) is 4.33. The van der Waals surface area contributed by atoms with Crippen molar-refractivity contribution in [2.45, 2.75) is 10.9 Å². The zero-order chi connectivity index (χ0) is 10.4. The molecule has 13 heavy (non-hydrogen) atoms. The number of aliphatic hydroxyl groups is 2. The van der Waals surface area contributed by atoms with Gasteiger partial charge in [-0.25, -0.2) is 9.59 Å². The summed E-state index contributed by atoms with van der Waals surface area (Å²) in [4.78, 5) is 20.1. The molecule has 0 amide bonds. The summed E-state index contributed by atoms with van der Waals surface area (Å²) in [6, 6.07) is 0. The lowest BCUT2D eigenvalue weighted by atomic mass is 10.7. The molecule has 0 fully saturated rings. The van der Waals surface area contributed by atoms with E-state index in [0.717, 1.165) is 0 Å². The van der Waals surface area contributed by atoms with Crippen LogP contribution in [0.5, 0.6) is 0 Å². The Hall–Kier alpha value is -0.440. The molecular weight excluding hydrogens is 220 g/mol. The molecule has 6 nitrogen and oxygen atoms in total. The van der Waals surface area contributed by atoms with Crippen molar-refractivity contribution in [3.63, 3.8) is 0 Å². The predicted octanol–water partition coefficient (Wildman–Crippen LogP) is -0.784. The highest BCUT2D eigenvalue weighted by Crippen LogP contribution is 2.19. The molecule has 8 heteroatoms. The third-order valence-electron chi connectivity index (χ3n) is 0.874. The minimum absolute atomic E-state index is 0.0130. The maximum atomic E-state index is 10.0. The Morgan fingerprint density at radius 3 is 1.54 bits per heavy atom. The van der Waals surface area contributed by atoms with Crippen LogP contribution in [-0.4, -0.2) is 48.3 Å². The summed E-state index contributed by atoms with van der Waals surface area (Å²) in [6.07, 6.45) is 0. The third-order valence-corrected chi connectivity index (χ3v) is 3.00. The quantitative estimate of drug-likeness (QED) is 0.437. The summed E-state index contributed by atoms with van der Waals surface area (Å²) >= 11 is 1.25. The number of thioether (sulfide) groups is 2. The minimum atomic E-state index is -1.59. The Kier molecular flexibility index (Phi) is 5.88. The second-order valence-electron chi connectivity index (χ2n) is 1.83. The van der Waals surface area contributed by atoms with E-state index in [1.807, 2.05) is 0 Å². The number of carboxylic acids is 2. The number of hydrogen-bond donors (Lipinski definition) is 4. The molecule has 0 aromatic heterocycles. The number of rotatable bonds is 6. The van der Waals surface area contributed by atoms with Gasteiger partial charge in [0.1, 0.15) is 0 Å². The van der Waals surface area contributed by atoms with Gasteiger partial charge < -0.3 is 20.4 Å². The maximum Gasteiger partial charge on any atom is 0.343 e. The van der Waals surface area contributed by atoms with Gasteiger partial charge in [-0.1, -0.05) is 0 Å². The Morgan fingerprint density at radius 2 is 1.31 bits per heavy atom. The first-order valence-electron chi connectivity index (χ1n) is 3.00. The highest BCUT2D eigenvalue weighted by atomic mass is 32.2. The lowest BCUT2D eigenvalue weighted by molar-refractivity contribution is -0.142. The number of hydrogen-bond acceptors (Lipinski definition) is 6. The van der Waals surface area contributed by atoms with Gasteiger partial charge in [0.05, 0.1) is 0 Å². The highest BCUT2D eigenvalue weighted by Gasteiger charge is 2.17. The van der Waals surface area contributed by atoms with Gasteiger partial charge in [-0.2, -0.15) is 0 Å². The molecule has 2 unspecified atom stereocenters. The minimum Gasteiger partial charge on any atom is -0.479 e. The fourth-order valence-corrected chi connectivity index (χ4v) is 1.94. The van der Waals surface area contributed by atoms with Crippen LogP contribution >= 0.6 is 23.5 Å². The fourth-order valence-electron chi connectivity index (χ4n) is 0.311. The van der Waals surface area contributed by atoms with Gasteiger partial charge in [-0.05, 0) is 0 Å². The van der Waals surface area contributed by atoms with Crippen LogP contribution in [0.2, 0.25) is 0 Å². The Bertz CT molecular complexity index is 175. The predicted molar refractivity (Wildman–Crippen MR) is 47.3 cm³/mol. The highest BCUT2D eigenvalue weighted by molar-refractivity contribution is 8.16. The number of carbonyl (C=O) groups is 2. The summed E-state index contributed by atoms with van der Waals surface area (Å²) in [5.74, 6) is -2.79. The molecule has 0 bridgehead atoms. The first-order chi connectivity index (χ1) is 5.95. The molecule has 2 atom stereocenters. The van der Waals surface area contributed by atoms with E-state index in [-0.39, 0.29) is 5.08 Å². The number of carboxylic acid groups (broad SMARTS) is 2. The molecule has 76 valence electrons. The van der Waals surface area contributed by atoms with Gasteiger partial charge in [-0.3, -0.25) is 0 Å². The van der Waals surface area contributed by atoms with E-state index in [2.05, 4.69) is 0 Å². The van der Waals surface area contributed by atoms with E-state index in [1.54, 1.807) is 0 Å². The van der Waals surface area contributed by atoms with Crippen molar-refractivity contribution >= 4 is 35.5 Å². The van der Waals surface area contributed by atoms with Crippen molar-refractivity contribution in [3.05, 3.63) is 0 Å². The molecule has 0 aliphatic heterocycles. The summed E-state index contributed by atoms with van der Waals surface area (Å²) in [7, 11) is 0. The fraction of sp³-hybridized carbons (Fsp3) is 0.600. The van der Waals surface area contributed by atoms with Crippen LogP contribution in [0.3, 0.4) is 0 Å².